The first-order valence-corrected chi connectivity index (χ1v) is 7.58. The lowest BCUT2D eigenvalue weighted by Crippen LogP contribution is -2.23. The van der Waals surface area contributed by atoms with E-state index in [9.17, 15) is 18.0 Å². The summed E-state index contributed by atoms with van der Waals surface area (Å²) in [6.07, 6.45) is 0.953. The van der Waals surface area contributed by atoms with E-state index in [-0.39, 0.29) is 24.2 Å². The number of hydrogen-bond acceptors (Lipinski definition) is 5. The number of aryl methyl sites for hydroxylation is 1. The van der Waals surface area contributed by atoms with Gasteiger partial charge in [-0.2, -0.15) is 0 Å². The van der Waals surface area contributed by atoms with Crippen molar-refractivity contribution >= 4 is 15.8 Å². The maximum atomic E-state index is 11.8. The predicted octanol–water partition coefficient (Wildman–Crippen LogP) is 0.201. The standard InChI is InChI=1S/C11H16N2O5S/c1-6-8(4-5-9(14)15)11(16)13-10(12-6)7(2)19(3,17)18/h7H,4-5H2,1-3H3,(H,14,15)(H,12,13,16). The number of carbonyl (C=O) groups is 1. The van der Waals surface area contributed by atoms with Gasteiger partial charge in [-0.15, -0.1) is 0 Å². The Morgan fingerprint density at radius 3 is 2.47 bits per heavy atom. The number of carboxylic acids is 1. The van der Waals surface area contributed by atoms with Crippen LogP contribution in [0.5, 0.6) is 0 Å². The summed E-state index contributed by atoms with van der Waals surface area (Å²) in [4.78, 5) is 28.8. The molecule has 1 rings (SSSR count). The second-order valence-electron chi connectivity index (χ2n) is 4.38. The average molecular weight is 288 g/mol. The van der Waals surface area contributed by atoms with E-state index in [1.165, 1.54) is 6.92 Å². The van der Waals surface area contributed by atoms with Gasteiger partial charge in [0.05, 0.1) is 0 Å². The van der Waals surface area contributed by atoms with E-state index < -0.39 is 26.6 Å². The molecule has 1 atom stereocenters. The van der Waals surface area contributed by atoms with Gasteiger partial charge in [-0.05, 0) is 20.3 Å². The Bertz CT molecular complexity index is 648. The van der Waals surface area contributed by atoms with Crippen LogP contribution in [0, 0.1) is 6.92 Å². The molecule has 0 bridgehead atoms. The van der Waals surface area contributed by atoms with Crippen LogP contribution in [0.2, 0.25) is 0 Å². The van der Waals surface area contributed by atoms with Crippen molar-refractivity contribution in [1.29, 1.82) is 0 Å². The first kappa shape index (κ1) is 15.4. The molecule has 0 amide bonds. The Morgan fingerprint density at radius 1 is 1.47 bits per heavy atom. The quantitative estimate of drug-likeness (QED) is 0.799. The van der Waals surface area contributed by atoms with Crippen molar-refractivity contribution < 1.29 is 18.3 Å². The molecule has 0 spiro atoms. The second-order valence-corrected chi connectivity index (χ2v) is 6.75. The number of nitrogens with zero attached hydrogens (tertiary/aromatic N) is 1. The van der Waals surface area contributed by atoms with Crippen LogP contribution < -0.4 is 5.56 Å². The molecule has 0 fully saturated rings. The van der Waals surface area contributed by atoms with Crippen molar-refractivity contribution in [3.8, 4) is 0 Å². The van der Waals surface area contributed by atoms with E-state index in [1.54, 1.807) is 6.92 Å². The van der Waals surface area contributed by atoms with Crippen LogP contribution in [-0.4, -0.2) is 35.7 Å². The summed E-state index contributed by atoms with van der Waals surface area (Å²) in [5.41, 5.74) is 0.140. The van der Waals surface area contributed by atoms with E-state index in [0.29, 0.717) is 5.69 Å². The normalized spacial score (nSPS) is 13.2. The third kappa shape index (κ3) is 3.88. The molecule has 106 valence electrons. The summed E-state index contributed by atoms with van der Waals surface area (Å²) in [6, 6.07) is 0. The van der Waals surface area contributed by atoms with Gasteiger partial charge in [0.1, 0.15) is 11.1 Å². The number of aromatic amines is 1. The van der Waals surface area contributed by atoms with Crippen molar-refractivity contribution in [1.82, 2.24) is 9.97 Å². The molecular formula is C11H16N2O5S. The third-order valence-corrected chi connectivity index (χ3v) is 4.36. The molecule has 0 aliphatic rings. The molecule has 1 heterocycles. The highest BCUT2D eigenvalue weighted by Gasteiger charge is 2.21. The SMILES string of the molecule is Cc1nc(C(C)S(C)(=O)=O)[nH]c(=O)c1CCC(=O)O. The summed E-state index contributed by atoms with van der Waals surface area (Å²) < 4.78 is 22.8. The highest BCUT2D eigenvalue weighted by atomic mass is 32.2. The summed E-state index contributed by atoms with van der Waals surface area (Å²) in [7, 11) is -3.35. The summed E-state index contributed by atoms with van der Waals surface area (Å²) in [5, 5.41) is 7.68. The second kappa shape index (κ2) is 5.52. The molecule has 1 aromatic heterocycles. The first-order chi connectivity index (χ1) is 8.62. The van der Waals surface area contributed by atoms with Crippen LogP contribution in [0.3, 0.4) is 0 Å². The predicted molar refractivity (Wildman–Crippen MR) is 68.8 cm³/mol. The van der Waals surface area contributed by atoms with Crippen molar-refractivity contribution in [3.05, 3.63) is 27.4 Å². The zero-order chi connectivity index (χ0) is 14.8. The fourth-order valence-corrected chi connectivity index (χ4v) is 2.07. The molecular weight excluding hydrogens is 272 g/mol. The fourth-order valence-electron chi connectivity index (χ4n) is 1.55. The molecule has 0 radical (unpaired) electrons. The maximum absolute atomic E-state index is 11.8. The van der Waals surface area contributed by atoms with Crippen LogP contribution >= 0.6 is 0 Å². The van der Waals surface area contributed by atoms with Gasteiger partial charge in [-0.1, -0.05) is 0 Å². The number of H-pyrrole nitrogens is 1. The summed E-state index contributed by atoms with van der Waals surface area (Å²) >= 11 is 0. The lowest BCUT2D eigenvalue weighted by Gasteiger charge is -2.11. The number of sulfone groups is 1. The van der Waals surface area contributed by atoms with Crippen LogP contribution in [0.1, 0.15) is 35.7 Å². The minimum atomic E-state index is -3.35. The van der Waals surface area contributed by atoms with Gasteiger partial charge in [-0.3, -0.25) is 9.59 Å². The van der Waals surface area contributed by atoms with Crippen LogP contribution in [-0.2, 0) is 21.1 Å². The molecule has 1 aromatic rings. The van der Waals surface area contributed by atoms with Crippen LogP contribution in [0.15, 0.2) is 4.79 Å². The van der Waals surface area contributed by atoms with Gasteiger partial charge in [0.2, 0.25) is 0 Å². The monoisotopic (exact) mass is 288 g/mol. The fraction of sp³-hybridized carbons (Fsp3) is 0.545. The highest BCUT2D eigenvalue weighted by Crippen LogP contribution is 2.16. The number of aromatic nitrogens is 2. The van der Waals surface area contributed by atoms with Crippen molar-refractivity contribution in [2.45, 2.75) is 31.9 Å². The topological polar surface area (TPSA) is 117 Å². The molecule has 0 aromatic carbocycles. The number of hydrogen-bond donors (Lipinski definition) is 2. The van der Waals surface area contributed by atoms with Crippen molar-refractivity contribution in [2.75, 3.05) is 6.26 Å². The zero-order valence-corrected chi connectivity index (χ0v) is 11.7. The highest BCUT2D eigenvalue weighted by molar-refractivity contribution is 7.90. The Labute approximate surface area is 110 Å². The first-order valence-electron chi connectivity index (χ1n) is 5.63. The number of rotatable bonds is 5. The molecule has 2 N–H and O–H groups in total. The largest absolute Gasteiger partial charge is 0.481 e. The van der Waals surface area contributed by atoms with E-state index in [0.717, 1.165) is 6.26 Å². The molecule has 19 heavy (non-hydrogen) atoms. The minimum Gasteiger partial charge on any atom is -0.481 e. The number of aliphatic carboxylic acids is 1. The third-order valence-electron chi connectivity index (χ3n) is 2.86. The average Bonchev–Trinajstić information content (AvgIpc) is 2.24. The Hall–Kier alpha value is -1.70. The Kier molecular flexibility index (Phi) is 4.46. The summed E-state index contributed by atoms with van der Waals surface area (Å²) in [5.74, 6) is -0.934. The van der Waals surface area contributed by atoms with Crippen LogP contribution in [0.25, 0.3) is 0 Å². The van der Waals surface area contributed by atoms with E-state index >= 15 is 0 Å². The molecule has 0 aliphatic carbocycles. The number of nitrogens with one attached hydrogen (secondary N) is 1. The van der Waals surface area contributed by atoms with Gasteiger partial charge in [-0.25, -0.2) is 13.4 Å². The maximum Gasteiger partial charge on any atom is 0.303 e. The lowest BCUT2D eigenvalue weighted by molar-refractivity contribution is -0.136. The smallest absolute Gasteiger partial charge is 0.303 e. The summed E-state index contributed by atoms with van der Waals surface area (Å²) in [6.45, 7) is 2.99. The Morgan fingerprint density at radius 2 is 2.05 bits per heavy atom. The van der Waals surface area contributed by atoms with Gasteiger partial charge >= 0.3 is 5.97 Å². The minimum absolute atomic E-state index is 0.0665. The van der Waals surface area contributed by atoms with Gasteiger partial charge in [0, 0.05) is 23.9 Å². The van der Waals surface area contributed by atoms with E-state index in [4.69, 9.17) is 5.11 Å². The van der Waals surface area contributed by atoms with Gasteiger partial charge in [0.15, 0.2) is 9.84 Å². The zero-order valence-electron chi connectivity index (χ0n) is 10.9. The molecule has 0 saturated carbocycles. The molecule has 8 heteroatoms. The molecule has 0 saturated heterocycles. The van der Waals surface area contributed by atoms with E-state index in [1.807, 2.05) is 0 Å². The van der Waals surface area contributed by atoms with Gasteiger partial charge < -0.3 is 10.1 Å². The van der Waals surface area contributed by atoms with Gasteiger partial charge in [0.25, 0.3) is 5.56 Å². The molecule has 0 aliphatic heterocycles. The molecule has 7 nitrogen and oxygen atoms in total. The lowest BCUT2D eigenvalue weighted by atomic mass is 10.1. The van der Waals surface area contributed by atoms with E-state index in [2.05, 4.69) is 9.97 Å². The van der Waals surface area contributed by atoms with Crippen LogP contribution in [0.4, 0.5) is 0 Å². The Balaban J connectivity index is 3.17. The van der Waals surface area contributed by atoms with Crippen molar-refractivity contribution in [3.63, 3.8) is 0 Å². The molecule has 1 unspecified atom stereocenters. The number of carboxylic acid groups (broad SMARTS) is 1. The van der Waals surface area contributed by atoms with Crippen molar-refractivity contribution in [2.24, 2.45) is 0 Å².